The van der Waals surface area contributed by atoms with Gasteiger partial charge in [-0.2, -0.15) is 5.10 Å². The van der Waals surface area contributed by atoms with Crippen LogP contribution in [-0.4, -0.2) is 78.8 Å². The summed E-state index contributed by atoms with van der Waals surface area (Å²) in [5, 5.41) is 8.54. The molecule has 1 unspecified atom stereocenters. The summed E-state index contributed by atoms with van der Waals surface area (Å²) in [5.41, 5.74) is 4.69. The summed E-state index contributed by atoms with van der Waals surface area (Å²) >= 11 is 3.48. The zero-order valence-corrected chi connectivity index (χ0v) is 33.1. The lowest BCUT2D eigenvalue weighted by molar-refractivity contribution is -0.140. The first kappa shape index (κ1) is 38.0. The molecule has 1 saturated heterocycles. The van der Waals surface area contributed by atoms with Crippen molar-refractivity contribution in [1.29, 1.82) is 0 Å². The van der Waals surface area contributed by atoms with E-state index < -0.39 is 11.5 Å². The second-order valence-electron chi connectivity index (χ2n) is 14.7. The Morgan fingerprint density at radius 2 is 1.81 bits per heavy atom. The highest BCUT2D eigenvalue weighted by atomic mass is 79.9. The van der Waals surface area contributed by atoms with Gasteiger partial charge in [0.1, 0.15) is 34.5 Å². The van der Waals surface area contributed by atoms with E-state index in [0.717, 1.165) is 27.8 Å². The maximum Gasteiger partial charge on any atom is 0.250 e. The second-order valence-corrected chi connectivity index (χ2v) is 15.5. The van der Waals surface area contributed by atoms with Crippen LogP contribution < -0.4 is 10.2 Å². The number of hydrogen-bond acceptors (Lipinski definition) is 8. The summed E-state index contributed by atoms with van der Waals surface area (Å²) in [6, 6.07) is 4.66. The lowest BCUT2D eigenvalue weighted by atomic mass is 9.80. The molecule has 4 aromatic rings. The number of carbonyl (C=O) groups is 4. The molecule has 0 aliphatic carbocycles. The van der Waals surface area contributed by atoms with Crippen LogP contribution in [-0.2, 0) is 27.3 Å². The van der Waals surface area contributed by atoms with E-state index in [1.54, 1.807) is 33.9 Å². The Hall–Kier alpha value is -4.78. The number of hydrogen-bond donors (Lipinski definition) is 1. The number of allylic oxidation sites excluding steroid dienone is 2. The molecule has 13 heteroatoms. The van der Waals surface area contributed by atoms with Crippen LogP contribution in [0, 0.1) is 26.2 Å². The van der Waals surface area contributed by atoms with E-state index in [0.29, 0.717) is 72.2 Å². The Kier molecular flexibility index (Phi) is 11.0. The highest BCUT2D eigenvalue weighted by Gasteiger charge is 2.53. The van der Waals surface area contributed by atoms with Crippen LogP contribution in [0.5, 0.6) is 0 Å². The van der Waals surface area contributed by atoms with Crippen LogP contribution >= 0.6 is 15.9 Å². The van der Waals surface area contributed by atoms with Gasteiger partial charge < -0.3 is 10.2 Å². The lowest BCUT2D eigenvalue weighted by Gasteiger charge is -2.36. The average molecular weight is 784 g/mol. The maximum atomic E-state index is 14.9. The maximum absolute atomic E-state index is 14.9. The Balaban J connectivity index is 1.49. The third-order valence-electron chi connectivity index (χ3n) is 10.8. The molecule has 2 aliphatic heterocycles. The monoisotopic (exact) mass is 782 g/mol. The molecule has 2 bridgehead atoms. The summed E-state index contributed by atoms with van der Waals surface area (Å²) in [4.78, 5) is 72.4. The van der Waals surface area contributed by atoms with Gasteiger partial charge in [-0.3, -0.25) is 28.8 Å². The molecule has 1 N–H and O–H groups in total. The molecular formula is C40H47BrN8O4. The smallest absolute Gasteiger partial charge is 0.250 e. The van der Waals surface area contributed by atoms with Crippen molar-refractivity contribution in [3.05, 3.63) is 75.6 Å². The predicted molar refractivity (Wildman–Crippen MR) is 207 cm³/mol. The molecule has 278 valence electrons. The van der Waals surface area contributed by atoms with Crippen LogP contribution in [0.3, 0.4) is 0 Å². The van der Waals surface area contributed by atoms with Gasteiger partial charge in [-0.05, 0) is 109 Å². The van der Waals surface area contributed by atoms with Crippen LogP contribution in [0.15, 0.2) is 47.3 Å². The van der Waals surface area contributed by atoms with E-state index in [2.05, 4.69) is 48.4 Å². The predicted octanol–water partition coefficient (Wildman–Crippen LogP) is 6.23. The van der Waals surface area contributed by atoms with Gasteiger partial charge in [0, 0.05) is 61.7 Å². The summed E-state index contributed by atoms with van der Waals surface area (Å²) < 4.78 is 2.24. The van der Waals surface area contributed by atoms with Gasteiger partial charge in [-0.15, -0.1) is 0 Å². The van der Waals surface area contributed by atoms with Crippen LogP contribution in [0.25, 0.3) is 22.0 Å². The molecule has 2 aliphatic rings. The molecule has 0 radical (unpaired) electrons. The van der Waals surface area contributed by atoms with Gasteiger partial charge in [0.05, 0.1) is 5.52 Å². The first-order valence-electron chi connectivity index (χ1n) is 18.2. The number of aromatic nitrogens is 5. The number of anilines is 1. The number of likely N-dealkylation sites (N-methyl/N-ethyl adjacent to an activating group) is 1. The number of pyridine rings is 1. The number of aryl methyl sites for hydroxylation is 2. The Labute approximate surface area is 318 Å². The van der Waals surface area contributed by atoms with Crippen molar-refractivity contribution < 1.29 is 19.2 Å². The van der Waals surface area contributed by atoms with Crippen LogP contribution in [0.1, 0.15) is 85.9 Å². The first-order chi connectivity index (χ1) is 25.2. The number of ketones is 1. The zero-order chi connectivity index (χ0) is 38.2. The normalized spacial score (nSPS) is 21.7. The number of benzene rings is 1. The second kappa shape index (κ2) is 15.3. The highest BCUT2D eigenvalue weighted by molar-refractivity contribution is 9.10. The Morgan fingerprint density at radius 3 is 2.51 bits per heavy atom. The number of fused-ring (bicyclic) bond motifs is 2. The van der Waals surface area contributed by atoms with Gasteiger partial charge in [-0.1, -0.05) is 26.0 Å². The largest absolute Gasteiger partial charge is 0.355 e. The summed E-state index contributed by atoms with van der Waals surface area (Å²) in [6.45, 7) is 11.4. The standard InChI is InChI=1S/C40H47BrN8O4/c1-8-32-40(6)18-31(39(53)47(7)38-24(3)23(2)15-33(41)45-38)49(32)35(52)21-48-37-27(13-11-9-10-12-14-34(51)44-22-40)16-28(29-19-42-26(5)43-20-29)17-30(37)36(46-48)25(4)50/h9,11,15-17,19-20,31-32H,8,10,12-14,18,21-22H2,1-7H3,(H,44,51)/b11-9+/t31-,32?,40+/m0/s1. The molecular weight excluding hydrogens is 736 g/mol. The number of carbonyl (C=O) groups excluding carboxylic acids is 4. The molecule has 3 amide bonds. The van der Waals surface area contributed by atoms with Crippen molar-refractivity contribution >= 4 is 56.2 Å². The van der Waals surface area contributed by atoms with Crippen molar-refractivity contribution in [3.63, 3.8) is 0 Å². The molecule has 3 aromatic heterocycles. The number of nitrogens with one attached hydrogen (secondary N) is 1. The number of Topliss-reactive ketones (excluding diaryl/α,β-unsaturated/α-hetero) is 1. The van der Waals surface area contributed by atoms with Crippen LogP contribution in [0.2, 0.25) is 0 Å². The topological polar surface area (TPSA) is 143 Å². The van der Waals surface area contributed by atoms with Crippen molar-refractivity contribution in [2.45, 2.75) is 98.7 Å². The van der Waals surface area contributed by atoms with Gasteiger partial charge >= 0.3 is 0 Å². The number of rotatable bonds is 5. The fourth-order valence-corrected chi connectivity index (χ4v) is 8.46. The SMILES string of the molecule is CCC1N2C(=O)Cn3nc(C(C)=O)c4cc(-c5cnc(C)nc5)cc(c43)C/C=C/CCCC(=O)NC[C@@]1(C)C[C@H]2C(=O)N(C)c1nc(Br)cc(C)c1C. The summed E-state index contributed by atoms with van der Waals surface area (Å²) in [5.74, 6) is 0.320. The van der Waals surface area contributed by atoms with Gasteiger partial charge in [0.25, 0.3) is 5.91 Å². The third-order valence-corrected chi connectivity index (χ3v) is 11.2. The van der Waals surface area contributed by atoms with Crippen molar-refractivity contribution in [3.8, 4) is 11.1 Å². The Bertz CT molecular complexity index is 2130. The van der Waals surface area contributed by atoms with E-state index >= 15 is 0 Å². The molecule has 5 heterocycles. The molecule has 1 fully saturated rings. The molecule has 12 nitrogen and oxygen atoms in total. The van der Waals surface area contributed by atoms with E-state index in [4.69, 9.17) is 5.10 Å². The molecule has 0 saturated carbocycles. The minimum absolute atomic E-state index is 0.0559. The fraction of sp³-hybridized carbons (Fsp3) is 0.450. The quantitative estimate of drug-likeness (QED) is 0.143. The van der Waals surface area contributed by atoms with E-state index in [1.165, 1.54) is 6.92 Å². The molecule has 6 rings (SSSR count). The van der Waals surface area contributed by atoms with Crippen molar-refractivity contribution in [2.75, 3.05) is 18.5 Å². The van der Waals surface area contributed by atoms with Gasteiger partial charge in [-0.25, -0.2) is 15.0 Å². The molecule has 3 atom stereocenters. The number of halogens is 1. The average Bonchev–Trinajstić information content (AvgIpc) is 3.64. The lowest BCUT2D eigenvalue weighted by Crippen LogP contribution is -2.52. The summed E-state index contributed by atoms with van der Waals surface area (Å²) in [7, 11) is 1.69. The van der Waals surface area contributed by atoms with Crippen molar-refractivity contribution in [2.24, 2.45) is 5.41 Å². The fourth-order valence-electron chi connectivity index (χ4n) is 7.95. The molecule has 0 spiro atoms. The molecule has 53 heavy (non-hydrogen) atoms. The Morgan fingerprint density at radius 1 is 1.08 bits per heavy atom. The number of nitrogens with zero attached hydrogens (tertiary/aromatic N) is 7. The zero-order valence-electron chi connectivity index (χ0n) is 31.5. The minimum atomic E-state index is -0.830. The third kappa shape index (κ3) is 7.53. The highest BCUT2D eigenvalue weighted by Crippen LogP contribution is 2.43. The molecule has 1 aromatic carbocycles. The van der Waals surface area contributed by atoms with Crippen LogP contribution in [0.4, 0.5) is 5.82 Å². The summed E-state index contributed by atoms with van der Waals surface area (Å²) in [6.07, 6.45) is 10.8. The first-order valence-corrected chi connectivity index (χ1v) is 19.0. The van der Waals surface area contributed by atoms with Crippen molar-refractivity contribution in [1.82, 2.24) is 34.9 Å². The van der Waals surface area contributed by atoms with E-state index in [-0.39, 0.29) is 41.8 Å². The minimum Gasteiger partial charge on any atom is -0.355 e. The van der Waals surface area contributed by atoms with Gasteiger partial charge in [0.2, 0.25) is 11.8 Å². The van der Waals surface area contributed by atoms with Gasteiger partial charge in [0.15, 0.2) is 5.78 Å². The van der Waals surface area contributed by atoms with E-state index in [1.807, 2.05) is 52.8 Å². The number of amides is 3. The van der Waals surface area contributed by atoms with E-state index in [9.17, 15) is 19.2 Å².